The maximum Gasteiger partial charge on any atom is 0.454 e. The fraction of sp³-hybridized carbons (Fsp3) is 0.800. The lowest BCUT2D eigenvalue weighted by molar-refractivity contribution is -0.167. The molecule has 0 N–H and O–H groups in total. The van der Waals surface area contributed by atoms with Crippen LogP contribution in [-0.4, -0.2) is 39.6 Å². The molecule has 0 saturated heterocycles. The maximum atomic E-state index is 12.5. The largest absolute Gasteiger partial charge is 0.454 e. The highest BCUT2D eigenvalue weighted by molar-refractivity contribution is 6.74. The van der Waals surface area contributed by atoms with E-state index >= 15 is 0 Å². The second-order valence-electron chi connectivity index (χ2n) is 7.17. The van der Waals surface area contributed by atoms with E-state index in [0.29, 0.717) is 6.42 Å². The summed E-state index contributed by atoms with van der Waals surface area (Å²) in [4.78, 5) is 11.4. The molecule has 7 heteroatoms. The van der Waals surface area contributed by atoms with Crippen molar-refractivity contribution in [2.75, 3.05) is 7.11 Å². The summed E-state index contributed by atoms with van der Waals surface area (Å²) >= 11 is 0. The van der Waals surface area contributed by atoms with Gasteiger partial charge in [-0.25, -0.2) is 0 Å². The summed E-state index contributed by atoms with van der Waals surface area (Å²) in [5.74, 6) is -1.78. The van der Waals surface area contributed by atoms with Gasteiger partial charge in [-0.05, 0) is 37.0 Å². The van der Waals surface area contributed by atoms with Crippen LogP contribution in [0.4, 0.5) is 13.2 Å². The Hall–Kier alpha value is -0.663. The third-order valence-corrected chi connectivity index (χ3v) is 9.01. The summed E-state index contributed by atoms with van der Waals surface area (Å²) in [7, 11) is -0.632. The van der Waals surface area contributed by atoms with Gasteiger partial charge in [0, 0.05) is 12.7 Å². The van der Waals surface area contributed by atoms with Crippen LogP contribution in [0.1, 0.15) is 33.6 Å². The van der Waals surface area contributed by atoms with Gasteiger partial charge in [-0.1, -0.05) is 20.8 Å². The number of hydrogen-bond donors (Lipinski definition) is 0. The van der Waals surface area contributed by atoms with E-state index in [0.717, 1.165) is 0 Å². The first kappa shape index (κ1) is 19.4. The van der Waals surface area contributed by atoms with Crippen molar-refractivity contribution in [2.45, 2.75) is 70.1 Å². The summed E-state index contributed by atoms with van der Waals surface area (Å²) in [6, 6.07) is 0. The van der Waals surface area contributed by atoms with Gasteiger partial charge in [0.15, 0.2) is 8.32 Å². The Kier molecular flexibility index (Phi) is 5.68. The van der Waals surface area contributed by atoms with E-state index in [4.69, 9.17) is 9.16 Å². The number of methoxy groups -OCH3 is 1. The van der Waals surface area contributed by atoms with Crippen LogP contribution >= 0.6 is 0 Å². The first-order valence-electron chi connectivity index (χ1n) is 7.32. The zero-order valence-corrected chi connectivity index (χ0v) is 15.0. The number of alkyl halides is 3. The maximum absolute atomic E-state index is 12.5. The lowest BCUT2D eigenvalue weighted by atomic mass is 9.92. The Morgan fingerprint density at radius 1 is 1.27 bits per heavy atom. The van der Waals surface area contributed by atoms with Gasteiger partial charge >= 0.3 is 6.18 Å². The van der Waals surface area contributed by atoms with Crippen LogP contribution in [0.3, 0.4) is 0 Å². The van der Waals surface area contributed by atoms with Gasteiger partial charge in [-0.3, -0.25) is 4.79 Å². The standard InChI is InChI=1S/C15H25F3O3Si/c1-14(2,3)22(5,6)21-11-8-7-10(9-12(11)20-4)13(19)15(16,17)18/h9,11-12H,7-8H2,1-6H3/t11-,12-/m0/s1. The molecule has 128 valence electrons. The average molecular weight is 338 g/mol. The Morgan fingerprint density at radius 3 is 2.23 bits per heavy atom. The lowest BCUT2D eigenvalue weighted by Gasteiger charge is -2.42. The summed E-state index contributed by atoms with van der Waals surface area (Å²) in [6.07, 6.45) is -4.07. The number of carbonyl (C=O) groups excluding carboxylic acids is 1. The zero-order valence-electron chi connectivity index (χ0n) is 14.0. The summed E-state index contributed by atoms with van der Waals surface area (Å²) in [6.45, 7) is 10.5. The molecule has 0 saturated carbocycles. The normalized spacial score (nSPS) is 24.1. The highest BCUT2D eigenvalue weighted by atomic mass is 28.4. The molecular weight excluding hydrogens is 313 g/mol. The molecule has 0 radical (unpaired) electrons. The van der Waals surface area contributed by atoms with Crippen molar-refractivity contribution >= 4 is 14.1 Å². The molecule has 3 nitrogen and oxygen atoms in total. The molecule has 0 fully saturated rings. The van der Waals surface area contributed by atoms with Crippen molar-refractivity contribution in [3.8, 4) is 0 Å². The topological polar surface area (TPSA) is 35.5 Å². The van der Waals surface area contributed by atoms with Crippen molar-refractivity contribution in [1.29, 1.82) is 0 Å². The Labute approximate surface area is 131 Å². The number of ether oxygens (including phenoxy) is 1. The highest BCUT2D eigenvalue weighted by Crippen LogP contribution is 2.39. The summed E-state index contributed by atoms with van der Waals surface area (Å²) in [5, 5.41) is -0.00290. The Morgan fingerprint density at radius 2 is 1.82 bits per heavy atom. The fourth-order valence-corrected chi connectivity index (χ4v) is 3.49. The minimum Gasteiger partial charge on any atom is -0.411 e. The first-order valence-corrected chi connectivity index (χ1v) is 10.2. The van der Waals surface area contributed by atoms with E-state index in [-0.39, 0.29) is 23.1 Å². The predicted octanol–water partition coefficient (Wildman–Crippen LogP) is 4.24. The van der Waals surface area contributed by atoms with E-state index in [2.05, 4.69) is 33.9 Å². The van der Waals surface area contributed by atoms with Crippen LogP contribution in [-0.2, 0) is 14.0 Å². The molecule has 1 rings (SSSR count). The first-order chi connectivity index (χ1) is 9.79. The van der Waals surface area contributed by atoms with Gasteiger partial charge in [-0.2, -0.15) is 13.2 Å². The van der Waals surface area contributed by atoms with Gasteiger partial charge in [0.2, 0.25) is 0 Å². The van der Waals surface area contributed by atoms with Gasteiger partial charge in [0.05, 0.1) is 6.10 Å². The van der Waals surface area contributed by atoms with Gasteiger partial charge in [-0.15, -0.1) is 0 Å². The number of Topliss-reactive ketones (excluding diaryl/α,β-unsaturated/α-hetero) is 1. The number of carbonyl (C=O) groups is 1. The molecule has 0 heterocycles. The van der Waals surface area contributed by atoms with E-state index in [1.54, 1.807) is 0 Å². The van der Waals surface area contributed by atoms with Crippen LogP contribution in [0.15, 0.2) is 11.6 Å². The molecule has 0 aromatic heterocycles. The van der Waals surface area contributed by atoms with Crippen LogP contribution in [0.2, 0.25) is 18.1 Å². The molecule has 2 atom stereocenters. The minimum atomic E-state index is -4.84. The Bertz CT molecular complexity index is 450. The van der Waals surface area contributed by atoms with Crippen molar-refractivity contribution in [3.63, 3.8) is 0 Å². The number of allylic oxidation sites excluding steroid dienone is 1. The van der Waals surface area contributed by atoms with Crippen LogP contribution in [0, 0.1) is 0 Å². The molecule has 1 aliphatic rings. The van der Waals surface area contributed by atoms with Crippen LogP contribution in [0.25, 0.3) is 0 Å². The molecule has 0 amide bonds. The molecular formula is C15H25F3O3Si. The monoisotopic (exact) mass is 338 g/mol. The number of rotatable bonds is 4. The van der Waals surface area contributed by atoms with Gasteiger partial charge in [0.1, 0.15) is 6.10 Å². The summed E-state index contributed by atoms with van der Waals surface area (Å²) in [5.41, 5.74) is -0.227. The molecule has 0 spiro atoms. The fourth-order valence-electron chi connectivity index (χ4n) is 2.12. The number of halogens is 3. The lowest BCUT2D eigenvalue weighted by Crippen LogP contribution is -2.48. The zero-order chi connectivity index (χ0) is 17.3. The molecule has 0 aliphatic heterocycles. The third-order valence-electron chi connectivity index (χ3n) is 4.50. The third kappa shape index (κ3) is 4.42. The molecule has 0 aromatic carbocycles. The molecule has 0 unspecified atom stereocenters. The van der Waals surface area contributed by atoms with E-state index in [1.807, 2.05) is 0 Å². The molecule has 1 aliphatic carbocycles. The SMILES string of the molecule is CO[C@H]1C=C(C(=O)C(F)(F)F)CC[C@@H]1O[Si](C)(C)C(C)(C)C. The second kappa shape index (κ2) is 6.45. The number of hydrogen-bond acceptors (Lipinski definition) is 3. The predicted molar refractivity (Wildman–Crippen MR) is 81.2 cm³/mol. The van der Waals surface area contributed by atoms with Crippen LogP contribution in [0.5, 0.6) is 0 Å². The van der Waals surface area contributed by atoms with E-state index < -0.39 is 26.4 Å². The molecule has 22 heavy (non-hydrogen) atoms. The molecule has 0 bridgehead atoms. The number of ketones is 1. The average Bonchev–Trinajstić information content (AvgIpc) is 2.35. The van der Waals surface area contributed by atoms with Crippen LogP contribution < -0.4 is 0 Å². The van der Waals surface area contributed by atoms with Crippen molar-refractivity contribution < 1.29 is 27.1 Å². The second-order valence-corrected chi connectivity index (χ2v) is 11.9. The van der Waals surface area contributed by atoms with Crippen molar-refractivity contribution in [3.05, 3.63) is 11.6 Å². The quantitative estimate of drug-likeness (QED) is 0.719. The van der Waals surface area contributed by atoms with Gasteiger partial charge in [0.25, 0.3) is 5.78 Å². The summed E-state index contributed by atoms with van der Waals surface area (Å²) < 4.78 is 49.1. The highest BCUT2D eigenvalue weighted by Gasteiger charge is 2.45. The van der Waals surface area contributed by atoms with Crippen molar-refractivity contribution in [1.82, 2.24) is 0 Å². The molecule has 0 aromatic rings. The Balaban J connectivity index is 2.92. The smallest absolute Gasteiger partial charge is 0.411 e. The van der Waals surface area contributed by atoms with Crippen molar-refractivity contribution in [2.24, 2.45) is 0 Å². The van der Waals surface area contributed by atoms with E-state index in [9.17, 15) is 18.0 Å². The minimum absolute atomic E-state index is 0.00290. The van der Waals surface area contributed by atoms with Gasteiger partial charge < -0.3 is 9.16 Å². The van der Waals surface area contributed by atoms with E-state index in [1.165, 1.54) is 13.2 Å².